The van der Waals surface area contributed by atoms with E-state index in [9.17, 15) is 0 Å². The van der Waals surface area contributed by atoms with Gasteiger partial charge in [0.15, 0.2) is 5.82 Å². The Balaban J connectivity index is 1.78. The predicted octanol–water partition coefficient (Wildman–Crippen LogP) is 5.08. The molecule has 3 aromatic rings. The van der Waals surface area contributed by atoms with Crippen molar-refractivity contribution in [2.45, 2.75) is 34.1 Å². The third-order valence-corrected chi connectivity index (χ3v) is 4.80. The lowest BCUT2D eigenvalue weighted by Crippen LogP contribution is -2.21. The topological polar surface area (TPSA) is 66.0 Å². The van der Waals surface area contributed by atoms with E-state index in [1.165, 1.54) is 11.3 Å². The Bertz CT molecular complexity index is 920. The molecule has 0 saturated carbocycles. The number of aromatic nitrogens is 3. The van der Waals surface area contributed by atoms with Gasteiger partial charge in [-0.05, 0) is 62.6 Å². The van der Waals surface area contributed by atoms with Crippen LogP contribution in [0.1, 0.15) is 31.9 Å². The summed E-state index contributed by atoms with van der Waals surface area (Å²) in [6, 6.07) is 14.6. The van der Waals surface area contributed by atoms with Gasteiger partial charge < -0.3 is 15.5 Å². The lowest BCUT2D eigenvalue weighted by Gasteiger charge is -2.22. The summed E-state index contributed by atoms with van der Waals surface area (Å²) in [5.41, 5.74) is 5.61. The van der Waals surface area contributed by atoms with Gasteiger partial charge in [-0.25, -0.2) is 0 Å². The van der Waals surface area contributed by atoms with Crippen LogP contribution in [0.3, 0.4) is 0 Å². The summed E-state index contributed by atoms with van der Waals surface area (Å²) in [6.45, 7) is 10.5. The first-order valence-electron chi connectivity index (χ1n) is 9.81. The summed E-state index contributed by atoms with van der Waals surface area (Å²) < 4.78 is 0. The fourth-order valence-electron chi connectivity index (χ4n) is 3.20. The Hall–Kier alpha value is -3.15. The molecule has 0 unspecified atom stereocenters. The molecule has 146 valence electrons. The normalized spacial score (nSPS) is 10.6. The van der Waals surface area contributed by atoms with E-state index in [4.69, 9.17) is 0 Å². The molecule has 0 radical (unpaired) electrons. The van der Waals surface area contributed by atoms with Gasteiger partial charge in [-0.3, -0.25) is 0 Å². The van der Waals surface area contributed by atoms with Crippen molar-refractivity contribution >= 4 is 28.8 Å². The second-order valence-corrected chi connectivity index (χ2v) is 6.60. The van der Waals surface area contributed by atoms with Crippen molar-refractivity contribution < 1.29 is 0 Å². The Morgan fingerprint density at radius 3 is 2.43 bits per heavy atom. The van der Waals surface area contributed by atoms with Crippen LogP contribution in [-0.4, -0.2) is 28.3 Å². The van der Waals surface area contributed by atoms with Crippen LogP contribution in [0.25, 0.3) is 0 Å². The monoisotopic (exact) mass is 376 g/mol. The first-order valence-corrected chi connectivity index (χ1v) is 9.81. The second-order valence-electron chi connectivity index (χ2n) is 6.60. The molecule has 6 heteroatoms. The van der Waals surface area contributed by atoms with E-state index in [0.717, 1.165) is 36.4 Å². The van der Waals surface area contributed by atoms with Gasteiger partial charge in [0.2, 0.25) is 5.95 Å². The summed E-state index contributed by atoms with van der Waals surface area (Å²) in [7, 11) is 0. The standard InChI is InChI=1S/C22H28N6/c1-5-17-10-8-9-11-20(17)24-21-15-23-27-22(26-21)25-19-13-12-18(14-16(19)4)28(6-2)7-3/h8-15H,5-7H2,1-4H3,(H2,24,25,26,27). The molecule has 3 rings (SSSR count). The van der Waals surface area contributed by atoms with E-state index in [1.807, 2.05) is 18.2 Å². The van der Waals surface area contributed by atoms with Gasteiger partial charge in [-0.1, -0.05) is 25.1 Å². The van der Waals surface area contributed by atoms with E-state index in [2.05, 4.69) is 82.7 Å². The van der Waals surface area contributed by atoms with Crippen LogP contribution >= 0.6 is 0 Å². The van der Waals surface area contributed by atoms with Gasteiger partial charge >= 0.3 is 0 Å². The smallest absolute Gasteiger partial charge is 0.249 e. The zero-order valence-corrected chi connectivity index (χ0v) is 17.0. The number of para-hydroxylation sites is 1. The zero-order chi connectivity index (χ0) is 19.9. The van der Waals surface area contributed by atoms with Crippen molar-refractivity contribution in [1.82, 2.24) is 15.2 Å². The Morgan fingerprint density at radius 1 is 0.929 bits per heavy atom. The van der Waals surface area contributed by atoms with Crippen LogP contribution in [0.5, 0.6) is 0 Å². The van der Waals surface area contributed by atoms with E-state index in [-0.39, 0.29) is 0 Å². The quantitative estimate of drug-likeness (QED) is 0.572. The zero-order valence-electron chi connectivity index (χ0n) is 17.0. The van der Waals surface area contributed by atoms with Gasteiger partial charge in [0.05, 0.1) is 6.20 Å². The highest BCUT2D eigenvalue weighted by atomic mass is 15.3. The summed E-state index contributed by atoms with van der Waals surface area (Å²) in [4.78, 5) is 6.89. The Labute approximate surface area is 167 Å². The molecule has 2 aromatic carbocycles. The number of hydrogen-bond donors (Lipinski definition) is 2. The molecule has 6 nitrogen and oxygen atoms in total. The molecule has 0 bridgehead atoms. The molecule has 1 heterocycles. The molecule has 0 aliphatic heterocycles. The molecule has 0 amide bonds. The summed E-state index contributed by atoms with van der Waals surface area (Å²) in [6.07, 6.45) is 2.58. The van der Waals surface area contributed by atoms with Gasteiger partial charge in [0.25, 0.3) is 0 Å². The molecule has 0 aliphatic carbocycles. The first-order chi connectivity index (χ1) is 13.6. The van der Waals surface area contributed by atoms with E-state index in [1.54, 1.807) is 6.20 Å². The maximum atomic E-state index is 4.56. The van der Waals surface area contributed by atoms with Crippen molar-refractivity contribution in [1.29, 1.82) is 0 Å². The fraction of sp³-hybridized carbons (Fsp3) is 0.318. The predicted molar refractivity (Wildman–Crippen MR) is 117 cm³/mol. The second kappa shape index (κ2) is 9.17. The highest BCUT2D eigenvalue weighted by Gasteiger charge is 2.08. The van der Waals surface area contributed by atoms with Crippen LogP contribution in [-0.2, 0) is 6.42 Å². The number of rotatable bonds is 8. The fourth-order valence-corrected chi connectivity index (χ4v) is 3.20. The minimum Gasteiger partial charge on any atom is -0.372 e. The summed E-state index contributed by atoms with van der Waals surface area (Å²) in [5, 5.41) is 14.8. The Kier molecular flexibility index (Phi) is 6.42. The highest BCUT2D eigenvalue weighted by molar-refractivity contribution is 5.65. The molecule has 1 aromatic heterocycles. The molecule has 2 N–H and O–H groups in total. The molecule has 0 aliphatic rings. The molecule has 0 atom stereocenters. The number of anilines is 5. The van der Waals surface area contributed by atoms with Gasteiger partial charge in [-0.2, -0.15) is 10.1 Å². The van der Waals surface area contributed by atoms with Crippen LogP contribution in [0.2, 0.25) is 0 Å². The lowest BCUT2D eigenvalue weighted by molar-refractivity contribution is 0.865. The molecule has 0 saturated heterocycles. The summed E-state index contributed by atoms with van der Waals surface area (Å²) >= 11 is 0. The van der Waals surface area contributed by atoms with Gasteiger partial charge in [-0.15, -0.1) is 5.10 Å². The van der Waals surface area contributed by atoms with Crippen molar-refractivity contribution in [3.63, 3.8) is 0 Å². The average Bonchev–Trinajstić information content (AvgIpc) is 2.71. The van der Waals surface area contributed by atoms with Crippen LogP contribution in [0.4, 0.5) is 28.8 Å². The average molecular weight is 377 g/mol. The van der Waals surface area contributed by atoms with Crippen molar-refractivity contribution in [3.05, 3.63) is 59.8 Å². The van der Waals surface area contributed by atoms with Crippen molar-refractivity contribution in [2.75, 3.05) is 28.6 Å². The first kappa shape index (κ1) is 19.6. The molecule has 28 heavy (non-hydrogen) atoms. The van der Waals surface area contributed by atoms with Crippen LogP contribution in [0.15, 0.2) is 48.7 Å². The van der Waals surface area contributed by atoms with Crippen molar-refractivity contribution in [3.8, 4) is 0 Å². The lowest BCUT2D eigenvalue weighted by atomic mass is 10.1. The third kappa shape index (κ3) is 4.57. The molecular weight excluding hydrogens is 348 g/mol. The maximum Gasteiger partial charge on any atom is 0.249 e. The third-order valence-electron chi connectivity index (χ3n) is 4.80. The summed E-state index contributed by atoms with van der Waals surface area (Å²) in [5.74, 6) is 1.13. The van der Waals surface area contributed by atoms with E-state index < -0.39 is 0 Å². The molecular formula is C22H28N6. The minimum atomic E-state index is 0.470. The minimum absolute atomic E-state index is 0.470. The maximum absolute atomic E-state index is 4.56. The van der Waals surface area contributed by atoms with E-state index in [0.29, 0.717) is 11.8 Å². The number of nitrogens with one attached hydrogen (secondary N) is 2. The number of nitrogens with zero attached hydrogens (tertiary/aromatic N) is 4. The molecule has 0 spiro atoms. The highest BCUT2D eigenvalue weighted by Crippen LogP contribution is 2.25. The van der Waals surface area contributed by atoms with Crippen molar-refractivity contribution in [2.24, 2.45) is 0 Å². The van der Waals surface area contributed by atoms with Gasteiger partial charge in [0.1, 0.15) is 0 Å². The number of aryl methyl sites for hydroxylation is 2. The van der Waals surface area contributed by atoms with Crippen LogP contribution in [0, 0.1) is 6.92 Å². The number of hydrogen-bond acceptors (Lipinski definition) is 6. The Morgan fingerprint density at radius 2 is 1.71 bits per heavy atom. The van der Waals surface area contributed by atoms with Gasteiger partial charge in [0, 0.05) is 30.2 Å². The van der Waals surface area contributed by atoms with Crippen LogP contribution < -0.4 is 15.5 Å². The van der Waals surface area contributed by atoms with E-state index >= 15 is 0 Å². The number of benzene rings is 2. The SMILES string of the molecule is CCc1ccccc1Nc1cnnc(Nc2ccc(N(CC)CC)cc2C)n1. The largest absolute Gasteiger partial charge is 0.372 e. The molecule has 0 fully saturated rings.